The molecular weight excluding hydrogens is 316 g/mol. The van der Waals surface area contributed by atoms with Crippen molar-refractivity contribution in [2.75, 3.05) is 12.4 Å². The molecule has 0 saturated heterocycles. The van der Waals surface area contributed by atoms with Crippen LogP contribution in [0.25, 0.3) is 0 Å². The van der Waals surface area contributed by atoms with Crippen LogP contribution in [0.2, 0.25) is 0 Å². The first-order valence-corrected chi connectivity index (χ1v) is 8.90. The van der Waals surface area contributed by atoms with Gasteiger partial charge in [-0.15, -0.1) is 0 Å². The standard InChI is InChI=1S/C20H24N2OS/c1-14(16-11-10-15-6-3-4-7-17(15)12-16)21-20(24)22-18-8-5-9-19(13-18)23-2/h5,8-14H,3-4,6-7H2,1-2H3,(H2,21,22,24)/t14-/m1/s1. The minimum Gasteiger partial charge on any atom is -0.497 e. The van der Waals surface area contributed by atoms with Crippen molar-refractivity contribution in [1.29, 1.82) is 0 Å². The largest absolute Gasteiger partial charge is 0.497 e. The van der Waals surface area contributed by atoms with Crippen LogP contribution in [0.1, 0.15) is 42.5 Å². The van der Waals surface area contributed by atoms with Gasteiger partial charge in [-0.1, -0.05) is 24.3 Å². The Kier molecular flexibility index (Phi) is 5.36. The lowest BCUT2D eigenvalue weighted by molar-refractivity contribution is 0.415. The zero-order chi connectivity index (χ0) is 16.9. The van der Waals surface area contributed by atoms with Gasteiger partial charge in [0, 0.05) is 11.8 Å². The van der Waals surface area contributed by atoms with E-state index in [-0.39, 0.29) is 6.04 Å². The van der Waals surface area contributed by atoms with E-state index in [0.29, 0.717) is 5.11 Å². The Hall–Kier alpha value is -2.07. The molecule has 1 aliphatic rings. The van der Waals surface area contributed by atoms with Crippen LogP contribution in [-0.2, 0) is 12.8 Å². The van der Waals surface area contributed by atoms with Crippen molar-refractivity contribution >= 4 is 23.0 Å². The van der Waals surface area contributed by atoms with Gasteiger partial charge in [-0.2, -0.15) is 0 Å². The van der Waals surface area contributed by atoms with E-state index in [0.717, 1.165) is 11.4 Å². The first kappa shape index (κ1) is 16.8. The van der Waals surface area contributed by atoms with Gasteiger partial charge in [0.2, 0.25) is 0 Å². The summed E-state index contributed by atoms with van der Waals surface area (Å²) in [4.78, 5) is 0. The Labute approximate surface area is 149 Å². The van der Waals surface area contributed by atoms with Gasteiger partial charge in [-0.3, -0.25) is 0 Å². The molecule has 0 heterocycles. The number of hydrogen-bond donors (Lipinski definition) is 2. The first-order chi connectivity index (χ1) is 11.7. The molecule has 0 unspecified atom stereocenters. The summed E-state index contributed by atoms with van der Waals surface area (Å²) >= 11 is 5.45. The van der Waals surface area contributed by atoms with Crippen molar-refractivity contribution in [3.8, 4) is 5.75 Å². The number of ether oxygens (including phenoxy) is 1. The van der Waals surface area contributed by atoms with Crippen LogP contribution in [-0.4, -0.2) is 12.2 Å². The summed E-state index contributed by atoms with van der Waals surface area (Å²) < 4.78 is 5.24. The highest BCUT2D eigenvalue weighted by Crippen LogP contribution is 2.25. The summed E-state index contributed by atoms with van der Waals surface area (Å²) in [5, 5.41) is 7.21. The quantitative estimate of drug-likeness (QED) is 0.796. The van der Waals surface area contributed by atoms with Crippen LogP contribution in [0.3, 0.4) is 0 Å². The predicted molar refractivity (Wildman–Crippen MR) is 104 cm³/mol. The second-order valence-corrected chi connectivity index (χ2v) is 6.70. The highest BCUT2D eigenvalue weighted by molar-refractivity contribution is 7.80. The summed E-state index contributed by atoms with van der Waals surface area (Å²) in [5.74, 6) is 0.811. The number of benzene rings is 2. The van der Waals surface area contributed by atoms with Crippen LogP contribution >= 0.6 is 12.2 Å². The number of thiocarbonyl (C=S) groups is 1. The molecule has 4 heteroatoms. The molecule has 126 valence electrons. The number of methoxy groups -OCH3 is 1. The van der Waals surface area contributed by atoms with Crippen molar-refractivity contribution in [1.82, 2.24) is 5.32 Å². The molecule has 1 atom stereocenters. The molecule has 3 rings (SSSR count). The van der Waals surface area contributed by atoms with E-state index in [1.54, 1.807) is 7.11 Å². The molecule has 0 spiro atoms. The third-order valence-corrected chi connectivity index (χ3v) is 4.77. The van der Waals surface area contributed by atoms with Crippen LogP contribution < -0.4 is 15.4 Å². The maximum absolute atomic E-state index is 5.45. The van der Waals surface area contributed by atoms with Crippen LogP contribution in [0.15, 0.2) is 42.5 Å². The topological polar surface area (TPSA) is 33.3 Å². The highest BCUT2D eigenvalue weighted by Gasteiger charge is 2.13. The van der Waals surface area contributed by atoms with Crippen LogP contribution in [0.4, 0.5) is 5.69 Å². The Morgan fingerprint density at radius 2 is 1.88 bits per heavy atom. The monoisotopic (exact) mass is 340 g/mol. The summed E-state index contributed by atoms with van der Waals surface area (Å²) in [6, 6.07) is 14.8. The zero-order valence-corrected chi connectivity index (χ0v) is 15.1. The number of fused-ring (bicyclic) bond motifs is 1. The van der Waals surface area contributed by atoms with Crippen molar-refractivity contribution in [3.05, 3.63) is 59.2 Å². The molecule has 0 bridgehead atoms. The fourth-order valence-corrected chi connectivity index (χ4v) is 3.47. The second-order valence-electron chi connectivity index (χ2n) is 6.29. The molecule has 2 aromatic carbocycles. The second kappa shape index (κ2) is 7.67. The number of hydrogen-bond acceptors (Lipinski definition) is 2. The molecule has 2 aromatic rings. The van der Waals surface area contributed by atoms with Gasteiger partial charge in [-0.05, 0) is 73.6 Å². The molecule has 0 aliphatic heterocycles. The molecule has 3 nitrogen and oxygen atoms in total. The molecule has 0 aromatic heterocycles. The van der Waals surface area contributed by atoms with E-state index < -0.39 is 0 Å². The van der Waals surface area contributed by atoms with Gasteiger partial charge >= 0.3 is 0 Å². The lowest BCUT2D eigenvalue weighted by atomic mass is 9.89. The lowest BCUT2D eigenvalue weighted by Crippen LogP contribution is -2.31. The molecular formula is C20H24N2OS. The molecule has 0 radical (unpaired) electrons. The fourth-order valence-electron chi connectivity index (χ4n) is 3.17. The third kappa shape index (κ3) is 4.06. The van der Waals surface area contributed by atoms with E-state index in [1.807, 2.05) is 24.3 Å². The Bertz CT molecular complexity index is 729. The van der Waals surface area contributed by atoms with Crippen LogP contribution in [0, 0.1) is 0 Å². The van der Waals surface area contributed by atoms with E-state index in [9.17, 15) is 0 Å². The van der Waals surface area contributed by atoms with Gasteiger partial charge in [0.25, 0.3) is 0 Å². The van der Waals surface area contributed by atoms with Crippen molar-refractivity contribution < 1.29 is 4.74 Å². The predicted octanol–water partition coefficient (Wildman–Crippen LogP) is 4.62. The van der Waals surface area contributed by atoms with Gasteiger partial charge < -0.3 is 15.4 Å². The van der Waals surface area contributed by atoms with Gasteiger partial charge in [-0.25, -0.2) is 0 Å². The number of rotatable bonds is 4. The smallest absolute Gasteiger partial charge is 0.171 e. The normalized spacial score (nSPS) is 14.4. The highest BCUT2D eigenvalue weighted by atomic mass is 32.1. The number of anilines is 1. The lowest BCUT2D eigenvalue weighted by Gasteiger charge is -2.21. The minimum atomic E-state index is 0.169. The van der Waals surface area contributed by atoms with Gasteiger partial charge in [0.1, 0.15) is 5.75 Å². The summed E-state index contributed by atoms with van der Waals surface area (Å²) in [5.41, 5.74) is 5.21. The maximum atomic E-state index is 5.45. The van der Waals surface area contributed by atoms with E-state index in [1.165, 1.54) is 42.4 Å². The van der Waals surface area contributed by atoms with Crippen molar-refractivity contribution in [2.24, 2.45) is 0 Å². The van der Waals surface area contributed by atoms with E-state index in [2.05, 4.69) is 35.8 Å². The zero-order valence-electron chi connectivity index (χ0n) is 14.3. The third-order valence-electron chi connectivity index (χ3n) is 4.55. The fraction of sp³-hybridized carbons (Fsp3) is 0.350. The Balaban J connectivity index is 1.63. The number of nitrogens with one attached hydrogen (secondary N) is 2. The van der Waals surface area contributed by atoms with Gasteiger partial charge in [0.15, 0.2) is 5.11 Å². The average molecular weight is 340 g/mol. The minimum absolute atomic E-state index is 0.169. The molecule has 24 heavy (non-hydrogen) atoms. The van der Waals surface area contributed by atoms with Gasteiger partial charge in [0.05, 0.1) is 13.2 Å². The van der Waals surface area contributed by atoms with E-state index in [4.69, 9.17) is 17.0 Å². The van der Waals surface area contributed by atoms with E-state index >= 15 is 0 Å². The summed E-state index contributed by atoms with van der Waals surface area (Å²) in [7, 11) is 1.66. The molecule has 2 N–H and O–H groups in total. The maximum Gasteiger partial charge on any atom is 0.171 e. The molecule has 0 amide bonds. The van der Waals surface area contributed by atoms with Crippen LogP contribution in [0.5, 0.6) is 5.75 Å². The Morgan fingerprint density at radius 3 is 2.67 bits per heavy atom. The first-order valence-electron chi connectivity index (χ1n) is 8.49. The van der Waals surface area contributed by atoms with Crippen molar-refractivity contribution in [3.63, 3.8) is 0 Å². The Morgan fingerprint density at radius 1 is 1.08 bits per heavy atom. The molecule has 0 fully saturated rings. The summed E-state index contributed by atoms with van der Waals surface area (Å²) in [6.07, 6.45) is 5.03. The number of aryl methyl sites for hydroxylation is 2. The average Bonchev–Trinajstić information content (AvgIpc) is 2.61. The molecule has 1 aliphatic carbocycles. The van der Waals surface area contributed by atoms with Crippen molar-refractivity contribution in [2.45, 2.75) is 38.6 Å². The summed E-state index contributed by atoms with van der Waals surface area (Å²) in [6.45, 7) is 2.14. The SMILES string of the molecule is COc1cccc(NC(=S)N[C@H](C)c2ccc3c(c2)CCCC3)c1. The molecule has 0 saturated carbocycles.